The smallest absolute Gasteiger partial charge is 0.349 e. The summed E-state index contributed by atoms with van der Waals surface area (Å²) in [5.74, 6) is -0.682. The minimum atomic E-state index is -5.90. The average molecular weight is 562 g/mol. The molecule has 3 aromatic carbocycles. The monoisotopic (exact) mass is 561 g/mol. The molecule has 0 heterocycles. The predicted molar refractivity (Wildman–Crippen MR) is 124 cm³/mol. The van der Waals surface area contributed by atoms with Crippen LogP contribution in [0.5, 0.6) is 0 Å². The molecule has 1 fully saturated rings. The summed E-state index contributed by atoms with van der Waals surface area (Å²) in [6, 6.07) is 13.5. The van der Waals surface area contributed by atoms with Crippen LogP contribution in [0.15, 0.2) is 83.8 Å². The number of benzene rings is 3. The van der Waals surface area contributed by atoms with Crippen molar-refractivity contribution < 1.29 is 43.9 Å². The molecule has 12 heteroatoms. The van der Waals surface area contributed by atoms with Crippen LogP contribution in [0, 0.1) is 5.82 Å². The van der Waals surface area contributed by atoms with Gasteiger partial charge in [-0.1, -0.05) is 54.6 Å². The first-order valence-electron chi connectivity index (χ1n) is 11.3. The first kappa shape index (κ1) is 28.1. The highest BCUT2D eigenvalue weighted by atomic mass is 32.2. The van der Waals surface area contributed by atoms with Crippen molar-refractivity contribution >= 4 is 9.84 Å². The van der Waals surface area contributed by atoms with Gasteiger partial charge in [-0.3, -0.25) is 0 Å². The first-order valence-corrected chi connectivity index (χ1v) is 12.8. The van der Waals surface area contributed by atoms with Crippen molar-refractivity contribution in [3.05, 3.63) is 101 Å². The first-order chi connectivity index (χ1) is 17.6. The second kappa shape index (κ2) is 9.65. The average Bonchev–Trinajstić information content (AvgIpc) is 2.82. The summed E-state index contributed by atoms with van der Waals surface area (Å²) in [6.07, 6.45) is -12.1. The van der Waals surface area contributed by atoms with Crippen LogP contribution in [0.25, 0.3) is 0 Å². The summed E-state index contributed by atoms with van der Waals surface area (Å²) in [5, 5.41) is 0. The van der Waals surface area contributed by atoms with Crippen LogP contribution in [0.2, 0.25) is 0 Å². The zero-order valence-corrected chi connectivity index (χ0v) is 20.4. The lowest BCUT2D eigenvalue weighted by molar-refractivity contribution is -0.392. The van der Waals surface area contributed by atoms with Crippen molar-refractivity contribution in [3.8, 4) is 0 Å². The fourth-order valence-corrected chi connectivity index (χ4v) is 7.01. The maximum atomic E-state index is 14.2. The molecule has 1 aliphatic carbocycles. The summed E-state index contributed by atoms with van der Waals surface area (Å²) < 4.78 is 128. The van der Waals surface area contributed by atoms with Crippen molar-refractivity contribution in [2.75, 3.05) is 0 Å². The van der Waals surface area contributed by atoms with Crippen LogP contribution in [0.4, 0.5) is 30.7 Å². The highest BCUT2D eigenvalue weighted by Gasteiger charge is 2.73. The molecule has 38 heavy (non-hydrogen) atoms. The molecule has 0 radical (unpaired) electrons. The van der Waals surface area contributed by atoms with Gasteiger partial charge in [0.15, 0.2) is 9.84 Å². The van der Waals surface area contributed by atoms with Crippen molar-refractivity contribution in [1.82, 2.24) is 0 Å². The van der Waals surface area contributed by atoms with Crippen LogP contribution in [-0.4, -0.2) is 26.8 Å². The van der Waals surface area contributed by atoms with Crippen molar-refractivity contribution in [1.29, 1.82) is 0 Å². The highest BCUT2D eigenvalue weighted by Crippen LogP contribution is 2.55. The molecule has 1 saturated carbocycles. The molecule has 0 unspecified atom stereocenters. The van der Waals surface area contributed by atoms with E-state index in [1.54, 1.807) is 6.07 Å². The predicted octanol–water partition coefficient (Wildman–Crippen LogP) is 6.15. The Labute approximate surface area is 214 Å². The largest absolute Gasteiger partial charge is 0.430 e. The number of alkyl halides is 6. The standard InChI is InChI=1S/C26H22F7NO3S/c27-20-10-12-22(13-11-20)38(35,36)23(14-21(34)15-23)18-6-8-19(9-7-18)24(25(28,29)30,26(31,32)33)37-16-17-4-2-1-3-5-17/h1-13,21H,14-16,34H2. The molecule has 0 spiro atoms. The molecular formula is C26H22F7NO3S. The van der Waals surface area contributed by atoms with Gasteiger partial charge in [0.2, 0.25) is 0 Å². The molecule has 4 rings (SSSR count). The van der Waals surface area contributed by atoms with Crippen LogP contribution in [-0.2, 0) is 31.5 Å². The fraction of sp³-hybridized carbons (Fsp3) is 0.308. The molecule has 3 aromatic rings. The Kier molecular flexibility index (Phi) is 7.13. The third-order valence-electron chi connectivity index (χ3n) is 6.74. The molecule has 1 aliphatic rings. The number of sulfone groups is 1. The molecule has 4 nitrogen and oxygen atoms in total. The van der Waals surface area contributed by atoms with E-state index in [1.165, 1.54) is 24.3 Å². The van der Waals surface area contributed by atoms with E-state index in [9.17, 15) is 39.2 Å². The summed E-state index contributed by atoms with van der Waals surface area (Å²) in [6.45, 7) is -0.987. The van der Waals surface area contributed by atoms with Gasteiger partial charge in [-0.25, -0.2) is 12.8 Å². The molecule has 2 N–H and O–H groups in total. The zero-order chi connectivity index (χ0) is 28.0. The Morgan fingerprint density at radius 2 is 1.34 bits per heavy atom. The molecule has 204 valence electrons. The van der Waals surface area contributed by atoms with Crippen molar-refractivity contribution in [2.24, 2.45) is 5.73 Å². The lowest BCUT2D eigenvalue weighted by Crippen LogP contribution is -2.56. The number of hydrogen-bond donors (Lipinski definition) is 1. The van der Waals surface area contributed by atoms with Gasteiger partial charge in [0.1, 0.15) is 10.6 Å². The van der Waals surface area contributed by atoms with Gasteiger partial charge in [0.05, 0.1) is 11.5 Å². The highest BCUT2D eigenvalue weighted by molar-refractivity contribution is 7.92. The number of halogens is 7. The number of hydrogen-bond acceptors (Lipinski definition) is 4. The van der Waals surface area contributed by atoms with Crippen molar-refractivity contribution in [3.63, 3.8) is 0 Å². The molecule has 0 atom stereocenters. The lowest BCUT2D eigenvalue weighted by atomic mass is 9.74. The molecule has 0 saturated heterocycles. The normalized spacial score (nSPS) is 20.7. The minimum absolute atomic E-state index is 0.0337. The SMILES string of the molecule is NC1CC(c2ccc(C(OCc3ccccc3)(C(F)(F)F)C(F)(F)F)cc2)(S(=O)(=O)c2ccc(F)cc2)C1. The Morgan fingerprint density at radius 3 is 1.82 bits per heavy atom. The third kappa shape index (κ3) is 4.58. The Hall–Kier alpha value is -2.96. The van der Waals surface area contributed by atoms with Crippen LogP contribution in [0.1, 0.15) is 29.5 Å². The molecule has 0 aliphatic heterocycles. The van der Waals surface area contributed by atoms with E-state index in [0.717, 1.165) is 36.4 Å². The van der Waals surface area contributed by atoms with Gasteiger partial charge < -0.3 is 10.5 Å². The van der Waals surface area contributed by atoms with E-state index < -0.39 is 56.6 Å². The van der Waals surface area contributed by atoms with E-state index >= 15 is 0 Å². The third-order valence-corrected chi connectivity index (χ3v) is 9.23. The van der Waals surface area contributed by atoms with Gasteiger partial charge in [-0.15, -0.1) is 0 Å². The quantitative estimate of drug-likeness (QED) is 0.278. The van der Waals surface area contributed by atoms with Crippen molar-refractivity contribution in [2.45, 2.75) is 53.1 Å². The fourth-order valence-electron chi connectivity index (χ4n) is 4.75. The number of ether oxygens (including phenoxy) is 1. The topological polar surface area (TPSA) is 69.4 Å². The van der Waals surface area contributed by atoms with Gasteiger partial charge in [0.25, 0.3) is 5.60 Å². The second-order valence-corrected chi connectivity index (χ2v) is 11.4. The Bertz CT molecular complexity index is 1350. The van der Waals surface area contributed by atoms with E-state index in [1.807, 2.05) is 0 Å². The van der Waals surface area contributed by atoms with Crippen LogP contribution in [0.3, 0.4) is 0 Å². The van der Waals surface area contributed by atoms with Crippen LogP contribution < -0.4 is 5.73 Å². The molecular weight excluding hydrogens is 539 g/mol. The number of nitrogens with two attached hydrogens (primary N) is 1. The van der Waals surface area contributed by atoms with E-state index in [4.69, 9.17) is 5.73 Å². The van der Waals surface area contributed by atoms with Gasteiger partial charge in [-0.05, 0) is 48.2 Å². The minimum Gasteiger partial charge on any atom is -0.349 e. The zero-order valence-electron chi connectivity index (χ0n) is 19.6. The summed E-state index contributed by atoms with van der Waals surface area (Å²) in [7, 11) is -4.24. The maximum absolute atomic E-state index is 14.2. The summed E-state index contributed by atoms with van der Waals surface area (Å²) in [4.78, 5) is -0.249. The molecule has 0 aromatic heterocycles. The maximum Gasteiger partial charge on any atom is 0.430 e. The Morgan fingerprint density at radius 1 is 0.816 bits per heavy atom. The van der Waals surface area contributed by atoms with Gasteiger partial charge in [-0.2, -0.15) is 26.3 Å². The number of rotatable bonds is 7. The summed E-state index contributed by atoms with van der Waals surface area (Å²) >= 11 is 0. The van der Waals surface area contributed by atoms with E-state index in [2.05, 4.69) is 4.74 Å². The lowest BCUT2D eigenvalue weighted by Gasteiger charge is -2.46. The van der Waals surface area contributed by atoms with E-state index in [0.29, 0.717) is 12.1 Å². The van der Waals surface area contributed by atoms with Gasteiger partial charge >= 0.3 is 12.4 Å². The van der Waals surface area contributed by atoms with Gasteiger partial charge in [0, 0.05) is 11.6 Å². The second-order valence-electron chi connectivity index (χ2n) is 9.15. The molecule has 0 amide bonds. The van der Waals surface area contributed by atoms with E-state index in [-0.39, 0.29) is 28.9 Å². The molecule has 0 bridgehead atoms. The summed E-state index contributed by atoms with van der Waals surface area (Å²) in [5.41, 5.74) is -0.0126. The van der Waals surface area contributed by atoms with Crippen LogP contribution >= 0.6 is 0 Å². The Balaban J connectivity index is 1.78.